The Morgan fingerprint density at radius 2 is 2.12 bits per heavy atom. The number of fused-ring (bicyclic) bond motifs is 1. The Hall–Kier alpha value is -1.60. The van der Waals surface area contributed by atoms with Gasteiger partial charge in [-0.1, -0.05) is 6.07 Å². The number of hydrogen-bond donors (Lipinski definition) is 1. The monoisotopic (exact) mass is 380 g/mol. The van der Waals surface area contributed by atoms with Gasteiger partial charge < -0.3 is 10.1 Å². The molecule has 7 heteroatoms. The Morgan fingerprint density at radius 3 is 2.85 bits per heavy atom. The lowest BCUT2D eigenvalue weighted by Crippen LogP contribution is -2.49. The number of amides is 1. The fourth-order valence-corrected chi connectivity index (χ4v) is 5.01. The molecule has 26 heavy (non-hydrogen) atoms. The van der Waals surface area contributed by atoms with Gasteiger partial charge in [0.1, 0.15) is 5.75 Å². The summed E-state index contributed by atoms with van der Waals surface area (Å²) >= 11 is 0. The zero-order valence-corrected chi connectivity index (χ0v) is 16.3. The molecule has 0 bridgehead atoms. The van der Waals surface area contributed by atoms with E-state index in [9.17, 15) is 13.2 Å². The largest absolute Gasteiger partial charge is 0.497 e. The molecule has 6 nitrogen and oxygen atoms in total. The zero-order chi connectivity index (χ0) is 18.7. The predicted octanol–water partition coefficient (Wildman–Crippen LogP) is 2.05. The second-order valence-corrected chi connectivity index (χ2v) is 9.37. The summed E-state index contributed by atoms with van der Waals surface area (Å²) in [7, 11) is -1.53. The predicted molar refractivity (Wildman–Crippen MR) is 101 cm³/mol. The number of methoxy groups -OCH3 is 1. The van der Waals surface area contributed by atoms with Gasteiger partial charge in [-0.25, -0.2) is 12.7 Å². The molecule has 144 valence electrons. The second-order valence-electron chi connectivity index (χ2n) is 7.39. The highest BCUT2D eigenvalue weighted by Gasteiger charge is 2.28. The van der Waals surface area contributed by atoms with Gasteiger partial charge >= 0.3 is 0 Å². The van der Waals surface area contributed by atoms with E-state index in [1.54, 1.807) is 7.11 Å². The molecule has 2 atom stereocenters. The molecule has 0 aromatic heterocycles. The minimum absolute atomic E-state index is 0.0130. The van der Waals surface area contributed by atoms with E-state index in [0.717, 1.165) is 37.9 Å². The average Bonchev–Trinajstić information content (AvgIpc) is 2.61. The van der Waals surface area contributed by atoms with Crippen molar-refractivity contribution in [2.45, 2.75) is 50.5 Å². The van der Waals surface area contributed by atoms with Crippen LogP contribution in [0.5, 0.6) is 5.75 Å². The van der Waals surface area contributed by atoms with Gasteiger partial charge in [0.15, 0.2) is 0 Å². The minimum atomic E-state index is -3.20. The molecule has 0 saturated carbocycles. The summed E-state index contributed by atoms with van der Waals surface area (Å²) in [6.45, 7) is 0.923. The van der Waals surface area contributed by atoms with Crippen LogP contribution in [0.25, 0.3) is 0 Å². The number of nitrogens with one attached hydrogen (secondary N) is 1. The lowest BCUT2D eigenvalue weighted by Gasteiger charge is -2.32. The van der Waals surface area contributed by atoms with Gasteiger partial charge in [-0.05, 0) is 61.3 Å². The summed E-state index contributed by atoms with van der Waals surface area (Å²) in [6, 6.07) is 6.02. The molecule has 1 fully saturated rings. The number of nitrogens with zero attached hydrogens (tertiary/aromatic N) is 1. The van der Waals surface area contributed by atoms with Crippen LogP contribution in [0.2, 0.25) is 0 Å². The first kappa shape index (κ1) is 19.2. The molecule has 1 amide bonds. The highest BCUT2D eigenvalue weighted by atomic mass is 32.2. The molecule has 0 spiro atoms. The molecule has 2 unspecified atom stereocenters. The van der Waals surface area contributed by atoms with Crippen LogP contribution in [0, 0.1) is 0 Å². The maximum absolute atomic E-state index is 12.6. The maximum Gasteiger partial charge on any atom is 0.220 e. The van der Waals surface area contributed by atoms with Gasteiger partial charge in [0, 0.05) is 25.6 Å². The molecule has 1 N–H and O–H groups in total. The number of carbonyl (C=O) groups excluding carboxylic acids is 1. The molecule has 3 rings (SSSR count). The smallest absolute Gasteiger partial charge is 0.220 e. The van der Waals surface area contributed by atoms with Crippen LogP contribution in [0.15, 0.2) is 18.2 Å². The van der Waals surface area contributed by atoms with Crippen LogP contribution in [0.4, 0.5) is 0 Å². The molecular weight excluding hydrogens is 352 g/mol. The van der Waals surface area contributed by atoms with Crippen LogP contribution in [-0.4, -0.2) is 51.1 Å². The Bertz CT molecular complexity index is 763. The summed E-state index contributed by atoms with van der Waals surface area (Å²) in [5.41, 5.74) is 2.52. The summed E-state index contributed by atoms with van der Waals surface area (Å²) in [5, 5.41) is 3.05. The van der Waals surface area contributed by atoms with Crippen LogP contribution in [-0.2, 0) is 21.2 Å². The molecule has 1 aromatic carbocycles. The quantitative estimate of drug-likeness (QED) is 0.848. The summed E-state index contributed by atoms with van der Waals surface area (Å²) in [4.78, 5) is 12.6. The first-order valence-electron chi connectivity index (χ1n) is 9.28. The van der Waals surface area contributed by atoms with Gasteiger partial charge in [-0.2, -0.15) is 0 Å². The number of sulfonamides is 1. The highest BCUT2D eigenvalue weighted by Crippen LogP contribution is 2.35. The van der Waals surface area contributed by atoms with E-state index in [2.05, 4.69) is 17.4 Å². The number of piperidine rings is 1. The number of rotatable bonds is 5. The van der Waals surface area contributed by atoms with Crippen molar-refractivity contribution in [1.29, 1.82) is 0 Å². The molecule has 1 aromatic rings. The Morgan fingerprint density at radius 1 is 1.31 bits per heavy atom. The number of hydrogen-bond acceptors (Lipinski definition) is 4. The summed E-state index contributed by atoms with van der Waals surface area (Å²) in [6.07, 6.45) is 6.40. The molecular formula is C19H28N2O4S. The van der Waals surface area contributed by atoms with Crippen molar-refractivity contribution in [3.05, 3.63) is 29.3 Å². The Balaban J connectivity index is 1.61. The first-order valence-corrected chi connectivity index (χ1v) is 11.1. The van der Waals surface area contributed by atoms with Gasteiger partial charge in [0.05, 0.1) is 13.4 Å². The fourth-order valence-electron chi connectivity index (χ4n) is 4.10. The summed E-state index contributed by atoms with van der Waals surface area (Å²) < 4.78 is 30.2. The minimum Gasteiger partial charge on any atom is -0.497 e. The number of aryl methyl sites for hydroxylation is 1. The third kappa shape index (κ3) is 4.57. The van der Waals surface area contributed by atoms with Gasteiger partial charge in [0.2, 0.25) is 15.9 Å². The highest BCUT2D eigenvalue weighted by molar-refractivity contribution is 7.88. The zero-order valence-electron chi connectivity index (χ0n) is 15.5. The van der Waals surface area contributed by atoms with Crippen molar-refractivity contribution in [1.82, 2.24) is 9.62 Å². The van der Waals surface area contributed by atoms with Crippen LogP contribution < -0.4 is 10.1 Å². The lowest BCUT2D eigenvalue weighted by atomic mass is 9.81. The average molecular weight is 381 g/mol. The normalized spacial score (nSPS) is 23.9. The molecule has 1 saturated heterocycles. The van der Waals surface area contributed by atoms with Crippen molar-refractivity contribution in [2.24, 2.45) is 0 Å². The molecule has 0 radical (unpaired) electrons. The molecule has 2 aliphatic rings. The number of carbonyl (C=O) groups is 1. The van der Waals surface area contributed by atoms with Crippen molar-refractivity contribution < 1.29 is 17.9 Å². The standard InChI is InChI=1S/C19H28N2O4S/c1-25-17-8-9-18-14(11-17)5-3-6-15(18)12-19(22)20-16-7-4-10-21(13-16)26(2,23)24/h8-9,11,15-16H,3-7,10,12-13H2,1-2H3,(H,20,22). The fraction of sp³-hybridized carbons (Fsp3) is 0.632. The van der Waals surface area contributed by atoms with E-state index in [4.69, 9.17) is 4.74 Å². The third-order valence-electron chi connectivity index (χ3n) is 5.44. The van der Waals surface area contributed by atoms with Crippen molar-refractivity contribution >= 4 is 15.9 Å². The molecule has 1 heterocycles. The van der Waals surface area contributed by atoms with E-state index in [1.165, 1.54) is 21.7 Å². The van der Waals surface area contributed by atoms with Gasteiger partial charge in [-0.3, -0.25) is 4.79 Å². The Labute approximate surface area is 156 Å². The van der Waals surface area contributed by atoms with Crippen LogP contribution in [0.1, 0.15) is 49.1 Å². The van der Waals surface area contributed by atoms with Crippen LogP contribution >= 0.6 is 0 Å². The van der Waals surface area contributed by atoms with E-state index < -0.39 is 10.0 Å². The number of ether oxygens (including phenoxy) is 1. The molecule has 1 aliphatic heterocycles. The van der Waals surface area contributed by atoms with E-state index in [1.807, 2.05) is 6.07 Å². The topological polar surface area (TPSA) is 75.7 Å². The van der Waals surface area contributed by atoms with E-state index in [-0.39, 0.29) is 17.9 Å². The maximum atomic E-state index is 12.6. The van der Waals surface area contributed by atoms with Gasteiger partial charge in [0.25, 0.3) is 0 Å². The van der Waals surface area contributed by atoms with E-state index in [0.29, 0.717) is 19.5 Å². The van der Waals surface area contributed by atoms with Crippen molar-refractivity contribution in [3.63, 3.8) is 0 Å². The number of benzene rings is 1. The van der Waals surface area contributed by atoms with Crippen molar-refractivity contribution in [2.75, 3.05) is 26.5 Å². The van der Waals surface area contributed by atoms with Crippen molar-refractivity contribution in [3.8, 4) is 5.75 Å². The van der Waals surface area contributed by atoms with Crippen LogP contribution in [0.3, 0.4) is 0 Å². The first-order chi connectivity index (χ1) is 12.4. The summed E-state index contributed by atoms with van der Waals surface area (Å²) in [5.74, 6) is 1.09. The lowest BCUT2D eigenvalue weighted by molar-refractivity contribution is -0.122. The second kappa shape index (κ2) is 7.96. The molecule has 1 aliphatic carbocycles. The SMILES string of the molecule is COc1ccc2c(c1)CCCC2CC(=O)NC1CCCN(S(C)(=O)=O)C1. The third-order valence-corrected chi connectivity index (χ3v) is 6.71. The Kier molecular flexibility index (Phi) is 5.87. The van der Waals surface area contributed by atoms with E-state index >= 15 is 0 Å². The van der Waals surface area contributed by atoms with Gasteiger partial charge in [-0.15, -0.1) is 0 Å².